The van der Waals surface area contributed by atoms with Gasteiger partial charge in [-0.3, -0.25) is 9.10 Å². The molecule has 29 heavy (non-hydrogen) atoms. The lowest BCUT2D eigenvalue weighted by Crippen LogP contribution is -2.51. The molecule has 0 aliphatic carbocycles. The van der Waals surface area contributed by atoms with Crippen LogP contribution in [0.2, 0.25) is 5.02 Å². The van der Waals surface area contributed by atoms with Gasteiger partial charge in [0.05, 0.1) is 25.0 Å². The highest BCUT2D eigenvalue weighted by molar-refractivity contribution is 7.92. The summed E-state index contributed by atoms with van der Waals surface area (Å²) in [4.78, 5) is 12.5. The third-order valence-electron chi connectivity index (χ3n) is 4.63. The van der Waals surface area contributed by atoms with Crippen LogP contribution < -0.4 is 19.1 Å². The first-order valence-corrected chi connectivity index (χ1v) is 11.3. The molecule has 0 unspecified atom stereocenters. The third-order valence-corrected chi connectivity index (χ3v) is 6.01. The average molecular weight is 439 g/mol. The van der Waals surface area contributed by atoms with Crippen LogP contribution >= 0.6 is 11.6 Å². The summed E-state index contributed by atoms with van der Waals surface area (Å²) in [6, 6.07) is 10.4. The highest BCUT2D eigenvalue weighted by Crippen LogP contribution is 2.37. The van der Waals surface area contributed by atoms with E-state index in [4.69, 9.17) is 21.1 Å². The number of halogens is 1. The van der Waals surface area contributed by atoms with Crippen LogP contribution in [0.1, 0.15) is 11.1 Å². The number of carbonyl (C=O) groups excluding carboxylic acids is 1. The molecule has 7 nitrogen and oxygen atoms in total. The van der Waals surface area contributed by atoms with E-state index in [9.17, 15) is 13.2 Å². The Labute approximate surface area is 175 Å². The molecule has 0 bridgehead atoms. The first kappa shape index (κ1) is 21.3. The van der Waals surface area contributed by atoms with Crippen molar-refractivity contribution in [2.24, 2.45) is 0 Å². The highest BCUT2D eigenvalue weighted by atomic mass is 35.5. The Bertz CT molecular complexity index is 1030. The Balaban J connectivity index is 1.60. The Morgan fingerprint density at radius 1 is 1.24 bits per heavy atom. The van der Waals surface area contributed by atoms with Gasteiger partial charge in [0.15, 0.2) is 6.10 Å². The maximum atomic E-state index is 12.5. The van der Waals surface area contributed by atoms with Gasteiger partial charge in [0, 0.05) is 5.02 Å². The monoisotopic (exact) mass is 438 g/mol. The molecule has 1 amide bonds. The average Bonchev–Trinajstić information content (AvgIpc) is 2.66. The Morgan fingerprint density at radius 3 is 2.69 bits per heavy atom. The summed E-state index contributed by atoms with van der Waals surface area (Å²) >= 11 is 5.97. The minimum atomic E-state index is -3.60. The van der Waals surface area contributed by atoms with Crippen LogP contribution in [-0.4, -0.2) is 46.4 Å². The quantitative estimate of drug-likeness (QED) is 0.701. The first-order chi connectivity index (χ1) is 13.6. The van der Waals surface area contributed by atoms with Gasteiger partial charge in [-0.2, -0.15) is 0 Å². The zero-order chi connectivity index (χ0) is 21.2. The number of nitrogens with one attached hydrogen (secondary N) is 1. The summed E-state index contributed by atoms with van der Waals surface area (Å²) in [6.07, 6.45) is 0.107. The van der Waals surface area contributed by atoms with Crippen molar-refractivity contribution in [1.29, 1.82) is 0 Å². The van der Waals surface area contributed by atoms with Crippen LogP contribution in [0.3, 0.4) is 0 Å². The van der Waals surface area contributed by atoms with Crippen molar-refractivity contribution >= 4 is 33.2 Å². The van der Waals surface area contributed by atoms with Gasteiger partial charge in [-0.05, 0) is 55.3 Å². The summed E-state index contributed by atoms with van der Waals surface area (Å²) in [5.74, 6) is 0.603. The number of carbonyl (C=O) groups is 1. The molecule has 2 aromatic carbocycles. The molecule has 3 rings (SSSR count). The molecule has 0 saturated carbocycles. The summed E-state index contributed by atoms with van der Waals surface area (Å²) < 4.78 is 36.8. The van der Waals surface area contributed by atoms with E-state index in [1.807, 2.05) is 32.0 Å². The predicted octanol–water partition coefficient (Wildman–Crippen LogP) is 2.68. The molecule has 0 radical (unpaired) electrons. The van der Waals surface area contributed by atoms with Gasteiger partial charge in [-0.1, -0.05) is 17.7 Å². The van der Waals surface area contributed by atoms with E-state index >= 15 is 0 Å². The van der Waals surface area contributed by atoms with Gasteiger partial charge in [0.2, 0.25) is 10.0 Å². The predicted molar refractivity (Wildman–Crippen MR) is 112 cm³/mol. The van der Waals surface area contributed by atoms with E-state index in [1.165, 1.54) is 11.6 Å². The number of fused-ring (bicyclic) bond motifs is 1. The standard InChI is InChI=1S/C20H23ClN2O5S/c1-13-4-6-16(10-14(13)2)27-9-8-22-20(24)19-12-23(29(3,25)26)17-11-15(21)5-7-18(17)28-19/h4-7,10-11,19H,8-9,12H2,1-3H3,(H,22,24)/t19-/m0/s1. The van der Waals surface area contributed by atoms with Crippen LogP contribution in [0.15, 0.2) is 36.4 Å². The normalized spacial score (nSPS) is 16.0. The second-order valence-corrected chi connectivity index (χ2v) is 9.24. The number of aryl methyl sites for hydroxylation is 2. The Morgan fingerprint density at radius 2 is 2.00 bits per heavy atom. The Hall–Kier alpha value is -2.45. The lowest BCUT2D eigenvalue weighted by atomic mass is 10.1. The summed E-state index contributed by atoms with van der Waals surface area (Å²) in [7, 11) is -3.60. The zero-order valence-electron chi connectivity index (χ0n) is 16.4. The molecule has 2 aromatic rings. The number of anilines is 1. The Kier molecular flexibility index (Phi) is 6.24. The molecule has 9 heteroatoms. The molecule has 1 atom stereocenters. The largest absolute Gasteiger partial charge is 0.492 e. The number of rotatable bonds is 6. The molecule has 1 aliphatic heterocycles. The van der Waals surface area contributed by atoms with Crippen molar-refractivity contribution in [3.05, 3.63) is 52.5 Å². The number of nitrogens with zero attached hydrogens (tertiary/aromatic N) is 1. The topological polar surface area (TPSA) is 84.9 Å². The van der Waals surface area contributed by atoms with E-state index in [0.29, 0.717) is 10.7 Å². The van der Waals surface area contributed by atoms with E-state index in [-0.39, 0.29) is 25.4 Å². The molecule has 0 fully saturated rings. The number of amides is 1. The lowest BCUT2D eigenvalue weighted by molar-refractivity contribution is -0.127. The zero-order valence-corrected chi connectivity index (χ0v) is 18.0. The van der Waals surface area contributed by atoms with Crippen LogP contribution in [-0.2, 0) is 14.8 Å². The summed E-state index contributed by atoms with van der Waals surface area (Å²) in [5, 5.41) is 3.11. The lowest BCUT2D eigenvalue weighted by Gasteiger charge is -2.34. The van der Waals surface area contributed by atoms with Crippen molar-refractivity contribution in [1.82, 2.24) is 5.32 Å². The van der Waals surface area contributed by atoms with Crippen molar-refractivity contribution in [2.75, 3.05) is 30.3 Å². The minimum absolute atomic E-state index is 0.129. The van der Waals surface area contributed by atoms with Gasteiger partial charge in [-0.25, -0.2) is 8.42 Å². The first-order valence-electron chi connectivity index (χ1n) is 9.07. The fourth-order valence-corrected chi connectivity index (χ4v) is 4.01. The minimum Gasteiger partial charge on any atom is -0.492 e. The summed E-state index contributed by atoms with van der Waals surface area (Å²) in [6.45, 7) is 4.44. The van der Waals surface area contributed by atoms with E-state index in [1.54, 1.807) is 12.1 Å². The molecule has 1 aliphatic rings. The van der Waals surface area contributed by atoms with E-state index in [2.05, 4.69) is 5.32 Å². The van der Waals surface area contributed by atoms with Gasteiger partial charge >= 0.3 is 0 Å². The highest BCUT2D eigenvalue weighted by Gasteiger charge is 2.35. The van der Waals surface area contributed by atoms with Gasteiger partial charge < -0.3 is 14.8 Å². The number of ether oxygens (including phenoxy) is 2. The number of sulfonamides is 1. The molecule has 0 saturated heterocycles. The van der Waals surface area contributed by atoms with Crippen molar-refractivity contribution < 1.29 is 22.7 Å². The van der Waals surface area contributed by atoms with Gasteiger partial charge in [0.25, 0.3) is 5.91 Å². The second kappa shape index (κ2) is 8.51. The number of benzene rings is 2. The van der Waals surface area contributed by atoms with Crippen molar-refractivity contribution in [3.8, 4) is 11.5 Å². The third kappa shape index (κ3) is 5.13. The fourth-order valence-electron chi connectivity index (χ4n) is 2.94. The van der Waals surface area contributed by atoms with E-state index in [0.717, 1.165) is 21.9 Å². The SMILES string of the molecule is Cc1ccc(OCCNC(=O)[C@@H]2CN(S(C)(=O)=O)c3cc(Cl)ccc3O2)cc1C. The van der Waals surface area contributed by atoms with Crippen molar-refractivity contribution in [2.45, 2.75) is 20.0 Å². The second-order valence-electron chi connectivity index (χ2n) is 6.90. The molecule has 156 valence electrons. The molecule has 0 aromatic heterocycles. The molecule has 0 spiro atoms. The van der Waals surface area contributed by atoms with Crippen LogP contribution in [0.5, 0.6) is 11.5 Å². The maximum Gasteiger partial charge on any atom is 0.263 e. The van der Waals surface area contributed by atoms with Gasteiger partial charge in [-0.15, -0.1) is 0 Å². The molecule has 1 N–H and O–H groups in total. The summed E-state index contributed by atoms with van der Waals surface area (Å²) in [5.41, 5.74) is 2.63. The van der Waals surface area contributed by atoms with Crippen LogP contribution in [0.25, 0.3) is 0 Å². The van der Waals surface area contributed by atoms with Crippen molar-refractivity contribution in [3.63, 3.8) is 0 Å². The van der Waals surface area contributed by atoms with Crippen LogP contribution in [0, 0.1) is 13.8 Å². The van der Waals surface area contributed by atoms with Gasteiger partial charge in [0.1, 0.15) is 18.1 Å². The molecular weight excluding hydrogens is 416 g/mol. The molecule has 1 heterocycles. The molecular formula is C20H23ClN2O5S. The smallest absolute Gasteiger partial charge is 0.263 e. The maximum absolute atomic E-state index is 12.5. The van der Waals surface area contributed by atoms with Crippen LogP contribution in [0.4, 0.5) is 5.69 Å². The fraction of sp³-hybridized carbons (Fsp3) is 0.350. The number of hydrogen-bond acceptors (Lipinski definition) is 5. The number of hydrogen-bond donors (Lipinski definition) is 1. The van der Waals surface area contributed by atoms with E-state index < -0.39 is 22.0 Å².